The van der Waals surface area contributed by atoms with Gasteiger partial charge in [0.25, 0.3) is 0 Å². The number of benzene rings is 2. The molecule has 0 spiro atoms. The molecule has 0 saturated heterocycles. The molecule has 0 fully saturated rings. The van der Waals surface area contributed by atoms with Gasteiger partial charge in [-0.2, -0.15) is 4.31 Å². The summed E-state index contributed by atoms with van der Waals surface area (Å²) < 4.78 is 27.0. The summed E-state index contributed by atoms with van der Waals surface area (Å²) in [5.74, 6) is 0.0704. The average molecular weight is 413 g/mol. The number of nitrogens with zero attached hydrogens (tertiary/aromatic N) is 2. The van der Waals surface area contributed by atoms with Gasteiger partial charge in [0.15, 0.2) is 0 Å². The van der Waals surface area contributed by atoms with E-state index in [1.54, 1.807) is 23.1 Å². The first kappa shape index (κ1) is 20.1. The number of amides is 1. The fourth-order valence-electron chi connectivity index (χ4n) is 4.52. The molecule has 0 aromatic heterocycles. The fraction of sp³-hybridized carbons (Fsp3) is 0.435. The van der Waals surface area contributed by atoms with Gasteiger partial charge in [-0.1, -0.05) is 32.0 Å². The number of hydrogen-bond acceptors (Lipinski definition) is 3. The lowest BCUT2D eigenvalue weighted by atomic mass is 10.0. The molecule has 4 rings (SSSR count). The smallest absolute Gasteiger partial charge is 0.243 e. The van der Waals surface area contributed by atoms with Crippen molar-refractivity contribution in [3.05, 3.63) is 58.7 Å². The second-order valence-electron chi connectivity index (χ2n) is 7.81. The highest BCUT2D eigenvalue weighted by Gasteiger charge is 2.28. The van der Waals surface area contributed by atoms with Crippen LogP contribution in [0.15, 0.2) is 41.3 Å². The van der Waals surface area contributed by atoms with Crippen LogP contribution in [0.2, 0.25) is 0 Å². The summed E-state index contributed by atoms with van der Waals surface area (Å²) in [6.07, 6.45) is 4.51. The lowest BCUT2D eigenvalue weighted by molar-refractivity contribution is -0.117. The summed E-state index contributed by atoms with van der Waals surface area (Å²) in [7, 11) is -3.49. The van der Waals surface area contributed by atoms with E-state index in [0.717, 1.165) is 29.7 Å². The maximum absolute atomic E-state index is 13.0. The molecule has 0 N–H and O–H groups in total. The van der Waals surface area contributed by atoms with Crippen molar-refractivity contribution in [1.82, 2.24) is 4.31 Å². The lowest BCUT2D eigenvalue weighted by Gasteiger charge is -2.20. The third-order valence-electron chi connectivity index (χ3n) is 6.11. The van der Waals surface area contributed by atoms with Crippen molar-refractivity contribution in [2.24, 2.45) is 0 Å². The Hall–Kier alpha value is -2.18. The minimum atomic E-state index is -3.49. The Morgan fingerprint density at radius 2 is 1.72 bits per heavy atom. The van der Waals surface area contributed by atoms with Crippen LogP contribution in [-0.2, 0) is 40.5 Å². The van der Waals surface area contributed by atoms with Crippen LogP contribution in [0.4, 0.5) is 5.69 Å². The van der Waals surface area contributed by atoms with E-state index in [4.69, 9.17) is 0 Å². The standard InChI is InChI=1S/C23H28N2O3S/c1-3-24(4-2)29(27,28)21-10-11-22-20(16-21)12-13-25(22)23(26)15-17-8-9-18-6-5-7-19(18)14-17/h8-11,14,16H,3-7,12-13,15H2,1-2H3. The normalized spacial score (nSPS) is 15.6. The summed E-state index contributed by atoms with van der Waals surface area (Å²) in [6.45, 7) is 5.18. The van der Waals surface area contributed by atoms with Crippen LogP contribution >= 0.6 is 0 Å². The molecule has 0 unspecified atom stereocenters. The van der Waals surface area contributed by atoms with Crippen LogP contribution in [0.1, 0.15) is 42.5 Å². The van der Waals surface area contributed by atoms with Crippen molar-refractivity contribution < 1.29 is 13.2 Å². The van der Waals surface area contributed by atoms with Gasteiger partial charge in [-0.25, -0.2) is 8.42 Å². The van der Waals surface area contributed by atoms with Gasteiger partial charge < -0.3 is 4.90 Å². The molecule has 1 heterocycles. The fourth-order valence-corrected chi connectivity index (χ4v) is 6.02. The molecule has 0 bridgehead atoms. The van der Waals surface area contributed by atoms with Gasteiger partial charge in [0.05, 0.1) is 11.3 Å². The van der Waals surface area contributed by atoms with Crippen LogP contribution < -0.4 is 4.90 Å². The van der Waals surface area contributed by atoms with Gasteiger partial charge in [-0.15, -0.1) is 0 Å². The molecule has 1 aliphatic heterocycles. The molecule has 6 heteroatoms. The van der Waals surface area contributed by atoms with Gasteiger partial charge in [0.2, 0.25) is 15.9 Å². The van der Waals surface area contributed by atoms with Gasteiger partial charge in [-0.05, 0) is 66.1 Å². The number of sulfonamides is 1. The number of anilines is 1. The molecule has 2 aromatic carbocycles. The van der Waals surface area contributed by atoms with Crippen molar-refractivity contribution in [3.8, 4) is 0 Å². The average Bonchev–Trinajstić information content (AvgIpc) is 3.34. The number of rotatable bonds is 6. The zero-order chi connectivity index (χ0) is 20.6. The van der Waals surface area contributed by atoms with Crippen molar-refractivity contribution in [2.75, 3.05) is 24.5 Å². The summed E-state index contributed by atoms with van der Waals surface area (Å²) in [5, 5.41) is 0. The van der Waals surface area contributed by atoms with Crippen molar-refractivity contribution >= 4 is 21.6 Å². The topological polar surface area (TPSA) is 57.7 Å². The van der Waals surface area contributed by atoms with Crippen LogP contribution in [0.25, 0.3) is 0 Å². The molecule has 0 radical (unpaired) electrons. The predicted octanol–water partition coefficient (Wildman–Crippen LogP) is 3.34. The quantitative estimate of drug-likeness (QED) is 0.731. The zero-order valence-corrected chi connectivity index (χ0v) is 18.0. The lowest BCUT2D eigenvalue weighted by Crippen LogP contribution is -2.31. The van der Waals surface area contributed by atoms with E-state index >= 15 is 0 Å². The Bertz CT molecular complexity index is 1040. The van der Waals surface area contributed by atoms with E-state index in [2.05, 4.69) is 18.2 Å². The third-order valence-corrected chi connectivity index (χ3v) is 8.15. The zero-order valence-electron chi connectivity index (χ0n) is 17.1. The van der Waals surface area contributed by atoms with Gasteiger partial charge >= 0.3 is 0 Å². The highest BCUT2D eigenvalue weighted by molar-refractivity contribution is 7.89. The first-order chi connectivity index (χ1) is 13.9. The van der Waals surface area contributed by atoms with Crippen LogP contribution in [0.5, 0.6) is 0 Å². The van der Waals surface area contributed by atoms with Gasteiger partial charge in [0, 0.05) is 25.3 Å². The molecule has 2 aromatic rings. The molecule has 1 amide bonds. The van der Waals surface area contributed by atoms with E-state index in [-0.39, 0.29) is 5.91 Å². The number of aryl methyl sites for hydroxylation is 2. The molecule has 1 aliphatic carbocycles. The number of carbonyl (C=O) groups is 1. The maximum Gasteiger partial charge on any atom is 0.243 e. The van der Waals surface area contributed by atoms with Crippen LogP contribution in [0.3, 0.4) is 0 Å². The minimum Gasteiger partial charge on any atom is -0.312 e. The van der Waals surface area contributed by atoms with E-state index < -0.39 is 10.0 Å². The number of hydrogen-bond donors (Lipinski definition) is 0. The third kappa shape index (κ3) is 3.71. The van der Waals surface area contributed by atoms with Gasteiger partial charge in [0.1, 0.15) is 0 Å². The van der Waals surface area contributed by atoms with Crippen molar-refractivity contribution in [1.29, 1.82) is 0 Å². The highest BCUT2D eigenvalue weighted by Crippen LogP contribution is 2.32. The van der Waals surface area contributed by atoms with Gasteiger partial charge in [-0.3, -0.25) is 4.79 Å². The minimum absolute atomic E-state index is 0.0704. The Balaban J connectivity index is 1.54. The molecule has 5 nitrogen and oxygen atoms in total. The molecular formula is C23H28N2O3S. The van der Waals surface area contributed by atoms with E-state index in [1.807, 2.05) is 13.8 Å². The molecule has 2 aliphatic rings. The first-order valence-corrected chi connectivity index (χ1v) is 11.9. The summed E-state index contributed by atoms with van der Waals surface area (Å²) in [5.41, 5.74) is 5.62. The molecular weight excluding hydrogens is 384 g/mol. The van der Waals surface area contributed by atoms with Crippen LogP contribution in [0, 0.1) is 0 Å². The van der Waals surface area contributed by atoms with Crippen molar-refractivity contribution in [3.63, 3.8) is 0 Å². The highest BCUT2D eigenvalue weighted by atomic mass is 32.2. The Kier molecular flexibility index (Phi) is 5.49. The molecule has 154 valence electrons. The largest absolute Gasteiger partial charge is 0.312 e. The predicted molar refractivity (Wildman–Crippen MR) is 115 cm³/mol. The number of carbonyl (C=O) groups excluding carboxylic acids is 1. The second-order valence-corrected chi connectivity index (χ2v) is 9.75. The molecule has 29 heavy (non-hydrogen) atoms. The van der Waals surface area contributed by atoms with E-state index in [9.17, 15) is 13.2 Å². The summed E-state index contributed by atoms with van der Waals surface area (Å²) >= 11 is 0. The Morgan fingerprint density at radius 1 is 0.966 bits per heavy atom. The Morgan fingerprint density at radius 3 is 2.48 bits per heavy atom. The monoisotopic (exact) mass is 412 g/mol. The second kappa shape index (κ2) is 7.92. The molecule has 0 atom stereocenters. The molecule has 0 saturated carbocycles. The summed E-state index contributed by atoms with van der Waals surface area (Å²) in [4.78, 5) is 15.1. The van der Waals surface area contributed by atoms with Crippen molar-refractivity contribution in [2.45, 2.75) is 50.8 Å². The maximum atomic E-state index is 13.0. The van der Waals surface area contributed by atoms with E-state index in [1.165, 1.54) is 21.9 Å². The first-order valence-electron chi connectivity index (χ1n) is 10.5. The van der Waals surface area contributed by atoms with Crippen LogP contribution in [-0.4, -0.2) is 38.3 Å². The Labute approximate surface area is 173 Å². The van der Waals surface area contributed by atoms with E-state index in [0.29, 0.717) is 37.4 Å². The SMILES string of the molecule is CCN(CC)S(=O)(=O)c1ccc2c(c1)CCN2C(=O)Cc1ccc2c(c1)CCC2. The number of fused-ring (bicyclic) bond motifs is 2. The summed E-state index contributed by atoms with van der Waals surface area (Å²) in [6, 6.07) is 11.6.